The Kier molecular flexibility index (Phi) is 5.51. The van der Waals surface area contributed by atoms with Crippen LogP contribution in [-0.4, -0.2) is 6.36 Å². The van der Waals surface area contributed by atoms with E-state index in [0.29, 0.717) is 11.3 Å². The van der Waals surface area contributed by atoms with E-state index in [1.54, 1.807) is 12.3 Å². The van der Waals surface area contributed by atoms with Crippen LogP contribution in [0.25, 0.3) is 17.2 Å². The molecule has 1 heterocycles. The standard InChI is InChI=1S/C9H4ClF3NO.H2N.W/c10-6-2-1-5(7-4-14-7)3-8(6)15-9(11,12)13;;/h1-4H;1H2;/q2*-1;+2. The number of hydrogen-bond donors (Lipinski definition) is 0. The normalized spacial score (nSPS) is 12.6. The van der Waals surface area contributed by atoms with Crippen LogP contribution in [0.5, 0.6) is 5.75 Å². The molecule has 0 saturated carbocycles. The van der Waals surface area contributed by atoms with Gasteiger partial charge in [0, 0.05) is 0 Å². The third kappa shape index (κ3) is 4.58. The van der Waals surface area contributed by atoms with Crippen LogP contribution < -0.4 is 4.74 Å². The summed E-state index contributed by atoms with van der Waals surface area (Å²) in [4.78, 5) is 0. The first-order valence-corrected chi connectivity index (χ1v) is 4.30. The van der Waals surface area contributed by atoms with E-state index in [2.05, 4.69) is 10.1 Å². The molecule has 0 amide bonds. The third-order valence-corrected chi connectivity index (χ3v) is 2.02. The zero-order valence-electron chi connectivity index (χ0n) is 8.16. The molecule has 3 nitrogen and oxygen atoms in total. The van der Waals surface area contributed by atoms with Crippen LogP contribution >= 0.6 is 11.6 Å². The number of ether oxygens (including phenoxy) is 1. The molecule has 0 bridgehead atoms. The Labute approximate surface area is 115 Å². The van der Waals surface area contributed by atoms with Crippen LogP contribution in [0, 0.1) is 0 Å². The number of rotatable bonds is 2. The van der Waals surface area contributed by atoms with Crippen molar-refractivity contribution in [3.63, 3.8) is 0 Å². The molecular formula is C9H6ClF3N2OW. The van der Waals surface area contributed by atoms with Crippen molar-refractivity contribution < 1.29 is 39.0 Å². The zero-order chi connectivity index (χ0) is 11.1. The molecule has 0 aliphatic carbocycles. The fourth-order valence-corrected chi connectivity index (χ4v) is 1.20. The van der Waals surface area contributed by atoms with E-state index >= 15 is 0 Å². The smallest absolute Gasteiger partial charge is 0.693 e. The predicted molar refractivity (Wildman–Crippen MR) is 54.8 cm³/mol. The summed E-state index contributed by atoms with van der Waals surface area (Å²) in [5.41, 5.74) is 1.19. The van der Waals surface area contributed by atoms with E-state index in [0.717, 1.165) is 0 Å². The first kappa shape index (κ1) is 16.3. The molecule has 0 fully saturated rings. The van der Waals surface area contributed by atoms with Gasteiger partial charge in [0.1, 0.15) is 5.75 Å². The van der Waals surface area contributed by atoms with Gasteiger partial charge in [-0.05, 0) is 17.7 Å². The van der Waals surface area contributed by atoms with Crippen molar-refractivity contribution in [1.29, 1.82) is 0 Å². The largest absolute Gasteiger partial charge is 2.00 e. The third-order valence-electron chi connectivity index (χ3n) is 1.71. The number of halogens is 4. The Morgan fingerprint density at radius 1 is 1.24 bits per heavy atom. The summed E-state index contributed by atoms with van der Waals surface area (Å²) in [7, 11) is 0. The minimum absolute atomic E-state index is 0. The maximum Gasteiger partial charge on any atom is 2.00 e. The first-order chi connectivity index (χ1) is 6.96. The minimum atomic E-state index is -4.74. The Hall–Kier alpha value is -0.712. The number of nitrogens with zero attached hydrogens (tertiary/aromatic N) is 1. The van der Waals surface area contributed by atoms with Crippen molar-refractivity contribution >= 4 is 17.3 Å². The molecule has 2 rings (SSSR count). The number of hydrogen-bond acceptors (Lipinski definition) is 1. The Balaban J connectivity index is 0.00000128. The van der Waals surface area contributed by atoms with Gasteiger partial charge in [-0.25, -0.2) is 0 Å². The SMILES string of the molecule is FC(F)(F)Oc1cc(C2=C[N-]2)ccc1Cl.[NH2-].[W+2]. The quantitative estimate of drug-likeness (QED) is 0.669. The Bertz CT molecular complexity index is 437. The van der Waals surface area contributed by atoms with Crippen LogP contribution in [0.3, 0.4) is 0 Å². The van der Waals surface area contributed by atoms with Crippen molar-refractivity contribution in [1.82, 2.24) is 0 Å². The summed E-state index contributed by atoms with van der Waals surface area (Å²) in [5.74, 6) is -0.412. The fraction of sp³-hybridized carbons (Fsp3) is 0.111. The van der Waals surface area contributed by atoms with Gasteiger partial charge >= 0.3 is 27.4 Å². The van der Waals surface area contributed by atoms with Gasteiger partial charge in [0.15, 0.2) is 0 Å². The maximum atomic E-state index is 12.0. The molecule has 0 aromatic heterocycles. The molecule has 1 aromatic carbocycles. The number of nitrogens with two attached hydrogens (primary N) is 1. The van der Waals surface area contributed by atoms with Gasteiger partial charge in [0.05, 0.1) is 5.02 Å². The van der Waals surface area contributed by atoms with Crippen LogP contribution in [0.4, 0.5) is 13.2 Å². The Morgan fingerprint density at radius 2 is 1.82 bits per heavy atom. The average molecular weight is 434 g/mol. The molecule has 1 aromatic rings. The molecule has 0 unspecified atom stereocenters. The zero-order valence-corrected chi connectivity index (χ0v) is 11.9. The molecule has 0 spiro atoms. The van der Waals surface area contributed by atoms with Crippen LogP contribution in [0.1, 0.15) is 5.56 Å². The van der Waals surface area contributed by atoms with Gasteiger partial charge in [-0.2, -0.15) is 11.9 Å². The molecule has 0 saturated heterocycles. The summed E-state index contributed by atoms with van der Waals surface area (Å²) < 4.78 is 39.6. The van der Waals surface area contributed by atoms with Crippen molar-refractivity contribution in [2.24, 2.45) is 0 Å². The van der Waals surface area contributed by atoms with E-state index < -0.39 is 12.1 Å². The summed E-state index contributed by atoms with van der Waals surface area (Å²) in [6.45, 7) is 0. The minimum Gasteiger partial charge on any atom is -0.693 e. The van der Waals surface area contributed by atoms with Gasteiger partial charge in [-0.1, -0.05) is 17.7 Å². The second kappa shape index (κ2) is 5.76. The average Bonchev–Trinajstić information content (AvgIpc) is 2.89. The molecule has 92 valence electrons. The van der Waals surface area contributed by atoms with Gasteiger partial charge < -0.3 is 16.2 Å². The molecule has 1 aliphatic rings. The van der Waals surface area contributed by atoms with Gasteiger partial charge in [0.2, 0.25) is 0 Å². The molecule has 8 heteroatoms. The molecule has 2 N–H and O–H groups in total. The first-order valence-electron chi connectivity index (χ1n) is 3.92. The molecular weight excluding hydrogens is 428 g/mol. The van der Waals surface area contributed by atoms with Crippen LogP contribution in [0.15, 0.2) is 24.4 Å². The van der Waals surface area contributed by atoms with Crippen molar-refractivity contribution in [2.45, 2.75) is 6.36 Å². The molecule has 17 heavy (non-hydrogen) atoms. The number of benzene rings is 1. The van der Waals surface area contributed by atoms with E-state index in [-0.39, 0.29) is 32.2 Å². The van der Waals surface area contributed by atoms with Crippen LogP contribution in [-0.2, 0) is 21.1 Å². The second-order valence-electron chi connectivity index (χ2n) is 2.84. The topological polar surface area (TPSA) is 56.8 Å². The van der Waals surface area contributed by atoms with Gasteiger partial charge in [-0.3, -0.25) is 0 Å². The van der Waals surface area contributed by atoms with Gasteiger partial charge in [0.25, 0.3) is 0 Å². The summed E-state index contributed by atoms with van der Waals surface area (Å²) in [6, 6.07) is 4.12. The van der Waals surface area contributed by atoms with E-state index in [1.165, 1.54) is 12.1 Å². The Morgan fingerprint density at radius 3 is 2.29 bits per heavy atom. The maximum absolute atomic E-state index is 12.0. The summed E-state index contributed by atoms with van der Waals surface area (Å²) >= 11 is 5.55. The van der Waals surface area contributed by atoms with E-state index in [1.807, 2.05) is 0 Å². The summed E-state index contributed by atoms with van der Waals surface area (Å²) in [5, 5.41) is 3.67. The van der Waals surface area contributed by atoms with Crippen molar-refractivity contribution in [3.8, 4) is 5.75 Å². The second-order valence-corrected chi connectivity index (χ2v) is 3.24. The molecule has 0 atom stereocenters. The van der Waals surface area contributed by atoms with Crippen LogP contribution in [0.2, 0.25) is 5.02 Å². The summed E-state index contributed by atoms with van der Waals surface area (Å²) in [6.07, 6.45) is -3.20. The van der Waals surface area contributed by atoms with Crippen molar-refractivity contribution in [2.75, 3.05) is 0 Å². The van der Waals surface area contributed by atoms with E-state index in [4.69, 9.17) is 11.6 Å². The van der Waals surface area contributed by atoms with Gasteiger partial charge in [-0.15, -0.1) is 13.2 Å². The predicted octanol–water partition coefficient (Wildman–Crippen LogP) is 4.64. The van der Waals surface area contributed by atoms with E-state index in [9.17, 15) is 13.2 Å². The molecule has 1 aliphatic heterocycles. The monoisotopic (exact) mass is 434 g/mol. The number of alkyl halides is 3. The van der Waals surface area contributed by atoms with Crippen molar-refractivity contribution in [3.05, 3.63) is 46.5 Å². The molecule has 0 radical (unpaired) electrons. The fourth-order valence-electron chi connectivity index (χ4n) is 1.05.